The van der Waals surface area contributed by atoms with Gasteiger partial charge in [0.25, 0.3) is 0 Å². The van der Waals surface area contributed by atoms with Gasteiger partial charge >= 0.3 is 5.97 Å². The number of aliphatic carboxylic acids is 1. The van der Waals surface area contributed by atoms with Gasteiger partial charge in [-0.1, -0.05) is 0 Å². The lowest BCUT2D eigenvalue weighted by molar-refractivity contribution is -0.156. The van der Waals surface area contributed by atoms with Crippen molar-refractivity contribution in [3.63, 3.8) is 0 Å². The Kier molecular flexibility index (Phi) is 3.70. The highest BCUT2D eigenvalue weighted by Gasteiger charge is 2.42. The monoisotopic (exact) mass is 243 g/mol. The van der Waals surface area contributed by atoms with E-state index in [1.165, 1.54) is 0 Å². The molecule has 2 heterocycles. The molecule has 0 unspecified atom stereocenters. The molecule has 2 saturated heterocycles. The minimum atomic E-state index is -1.02. The zero-order valence-corrected chi connectivity index (χ0v) is 10.2. The van der Waals surface area contributed by atoms with Crippen molar-refractivity contribution in [2.75, 3.05) is 13.2 Å². The molecule has 0 spiro atoms. The van der Waals surface area contributed by atoms with Crippen LogP contribution in [-0.2, 0) is 14.3 Å². The summed E-state index contributed by atoms with van der Waals surface area (Å²) in [5.41, 5.74) is 5.61. The average Bonchev–Trinajstić information content (AvgIpc) is 2.37. The van der Waals surface area contributed by atoms with Crippen molar-refractivity contribution in [2.24, 2.45) is 11.1 Å². The zero-order chi connectivity index (χ0) is 12.5. The number of carbonyl (C=O) groups is 1. The second-order valence-corrected chi connectivity index (χ2v) is 5.39. The molecule has 0 amide bonds. The first-order chi connectivity index (χ1) is 8.02. The van der Waals surface area contributed by atoms with E-state index in [0.29, 0.717) is 12.7 Å². The number of carboxylic acid groups (broad SMARTS) is 1. The Morgan fingerprint density at radius 2 is 2.24 bits per heavy atom. The van der Waals surface area contributed by atoms with Crippen molar-refractivity contribution in [1.82, 2.24) is 0 Å². The van der Waals surface area contributed by atoms with E-state index in [4.69, 9.17) is 20.3 Å². The highest BCUT2D eigenvalue weighted by molar-refractivity contribution is 5.73. The number of carboxylic acids is 1. The number of rotatable bonds is 5. The van der Waals surface area contributed by atoms with Gasteiger partial charge in [-0.25, -0.2) is 0 Å². The summed E-state index contributed by atoms with van der Waals surface area (Å²) < 4.78 is 11.3. The van der Waals surface area contributed by atoms with E-state index >= 15 is 0 Å². The van der Waals surface area contributed by atoms with Crippen molar-refractivity contribution in [2.45, 2.75) is 50.9 Å². The van der Waals surface area contributed by atoms with Crippen molar-refractivity contribution in [1.29, 1.82) is 0 Å². The second-order valence-electron chi connectivity index (χ2n) is 5.39. The normalized spacial score (nSPS) is 35.5. The smallest absolute Gasteiger partial charge is 0.323 e. The van der Waals surface area contributed by atoms with Crippen LogP contribution in [0.4, 0.5) is 0 Å². The third-order valence-corrected chi connectivity index (χ3v) is 4.06. The van der Waals surface area contributed by atoms with E-state index in [1.807, 2.05) is 0 Å². The number of hydrogen-bond donors (Lipinski definition) is 2. The molecule has 5 nitrogen and oxygen atoms in total. The molecule has 17 heavy (non-hydrogen) atoms. The van der Waals surface area contributed by atoms with Gasteiger partial charge in [-0.15, -0.1) is 0 Å². The summed E-state index contributed by atoms with van der Waals surface area (Å²) in [5.74, 6) is -1.02. The summed E-state index contributed by atoms with van der Waals surface area (Å²) >= 11 is 0. The molecule has 2 aliphatic heterocycles. The summed E-state index contributed by atoms with van der Waals surface area (Å²) in [5, 5.41) is 8.79. The van der Waals surface area contributed by atoms with Crippen LogP contribution in [0.3, 0.4) is 0 Å². The molecule has 3 rings (SSSR count). The van der Waals surface area contributed by atoms with E-state index in [-0.39, 0.29) is 5.41 Å². The lowest BCUT2D eigenvalue weighted by atomic mass is 9.72. The zero-order valence-electron chi connectivity index (χ0n) is 10.2. The maximum atomic E-state index is 10.7. The standard InChI is InChI=1S/C12H21NO4/c1-8(10(13)11(14)15)16-6-12-4-2-9(3-5-12)17-7-12/h8-10H,2-7,13H2,1H3,(H,14,15)/t8-,9?,10+,12?/m1/s1. The molecule has 0 aromatic rings. The van der Waals surface area contributed by atoms with Gasteiger partial charge in [-0.2, -0.15) is 0 Å². The summed E-state index contributed by atoms with van der Waals surface area (Å²) in [6.45, 7) is 3.01. The van der Waals surface area contributed by atoms with Crippen LogP contribution in [0.5, 0.6) is 0 Å². The molecule has 3 aliphatic rings. The van der Waals surface area contributed by atoms with Crippen LogP contribution in [0.25, 0.3) is 0 Å². The molecule has 2 bridgehead atoms. The van der Waals surface area contributed by atoms with Gasteiger partial charge in [-0.3, -0.25) is 4.79 Å². The first-order valence-electron chi connectivity index (χ1n) is 6.24. The Morgan fingerprint density at radius 3 is 2.71 bits per heavy atom. The van der Waals surface area contributed by atoms with Gasteiger partial charge in [0, 0.05) is 5.41 Å². The molecule has 3 N–H and O–H groups in total. The molecule has 3 fully saturated rings. The molecular weight excluding hydrogens is 222 g/mol. The average molecular weight is 243 g/mol. The quantitative estimate of drug-likeness (QED) is 0.745. The van der Waals surface area contributed by atoms with Gasteiger partial charge < -0.3 is 20.3 Å². The topological polar surface area (TPSA) is 81.8 Å². The van der Waals surface area contributed by atoms with Crippen LogP contribution in [0.15, 0.2) is 0 Å². The van der Waals surface area contributed by atoms with Gasteiger partial charge in [0.2, 0.25) is 0 Å². The summed E-state index contributed by atoms with van der Waals surface area (Å²) in [6.07, 6.45) is 4.42. The Labute approximate surface area is 101 Å². The Balaban J connectivity index is 1.83. The van der Waals surface area contributed by atoms with Crippen molar-refractivity contribution in [3.8, 4) is 0 Å². The first-order valence-corrected chi connectivity index (χ1v) is 6.24. The molecule has 0 aromatic carbocycles. The highest BCUT2D eigenvalue weighted by atomic mass is 16.5. The third kappa shape index (κ3) is 2.78. The van der Waals surface area contributed by atoms with Crippen molar-refractivity contribution in [3.05, 3.63) is 0 Å². The second kappa shape index (κ2) is 4.92. The minimum Gasteiger partial charge on any atom is -0.480 e. The molecule has 98 valence electrons. The van der Waals surface area contributed by atoms with Crippen LogP contribution >= 0.6 is 0 Å². The Hall–Kier alpha value is -0.650. The molecule has 5 heteroatoms. The van der Waals surface area contributed by atoms with Crippen molar-refractivity contribution < 1.29 is 19.4 Å². The SMILES string of the molecule is C[C@@H](OCC12CCC(CC1)OC2)[C@H](N)C(=O)O. The van der Waals surface area contributed by atoms with E-state index in [1.54, 1.807) is 6.92 Å². The summed E-state index contributed by atoms with van der Waals surface area (Å²) in [7, 11) is 0. The Bertz CT molecular complexity index is 272. The van der Waals surface area contributed by atoms with Crippen LogP contribution in [0, 0.1) is 5.41 Å². The highest BCUT2D eigenvalue weighted by Crippen LogP contribution is 2.43. The van der Waals surface area contributed by atoms with Crippen LogP contribution in [-0.4, -0.2) is 42.5 Å². The molecule has 0 radical (unpaired) electrons. The predicted molar refractivity (Wildman–Crippen MR) is 61.7 cm³/mol. The molecule has 0 aromatic heterocycles. The fourth-order valence-corrected chi connectivity index (χ4v) is 2.61. The van der Waals surface area contributed by atoms with E-state index in [0.717, 1.165) is 32.3 Å². The van der Waals surface area contributed by atoms with Gasteiger partial charge in [0.05, 0.1) is 25.4 Å². The van der Waals surface area contributed by atoms with Gasteiger partial charge in [0.1, 0.15) is 6.04 Å². The fourth-order valence-electron chi connectivity index (χ4n) is 2.61. The molecular formula is C12H21NO4. The Morgan fingerprint density at radius 1 is 1.59 bits per heavy atom. The lowest BCUT2D eigenvalue weighted by Gasteiger charge is -2.46. The van der Waals surface area contributed by atoms with Gasteiger partial charge in [-0.05, 0) is 32.6 Å². The number of ether oxygens (including phenoxy) is 2. The molecule has 1 saturated carbocycles. The fraction of sp³-hybridized carbons (Fsp3) is 0.917. The number of hydrogen-bond acceptors (Lipinski definition) is 4. The predicted octanol–water partition coefficient (Wildman–Crippen LogP) is 0.763. The van der Waals surface area contributed by atoms with Gasteiger partial charge in [0.15, 0.2) is 0 Å². The van der Waals surface area contributed by atoms with E-state index in [2.05, 4.69) is 0 Å². The maximum Gasteiger partial charge on any atom is 0.323 e. The van der Waals surface area contributed by atoms with E-state index < -0.39 is 18.1 Å². The van der Waals surface area contributed by atoms with Crippen LogP contribution < -0.4 is 5.73 Å². The number of fused-ring (bicyclic) bond motifs is 3. The molecule has 1 aliphatic carbocycles. The lowest BCUT2D eigenvalue weighted by Crippen LogP contribution is -2.48. The molecule has 2 atom stereocenters. The maximum absolute atomic E-state index is 10.7. The van der Waals surface area contributed by atoms with Crippen molar-refractivity contribution >= 4 is 5.97 Å². The van der Waals surface area contributed by atoms with Crippen LogP contribution in [0.1, 0.15) is 32.6 Å². The third-order valence-electron chi connectivity index (χ3n) is 4.06. The summed E-state index contributed by atoms with van der Waals surface area (Å²) in [6, 6.07) is -0.952. The summed E-state index contributed by atoms with van der Waals surface area (Å²) in [4.78, 5) is 10.7. The van der Waals surface area contributed by atoms with E-state index in [9.17, 15) is 4.79 Å². The minimum absolute atomic E-state index is 0.0984. The largest absolute Gasteiger partial charge is 0.480 e. The van der Waals surface area contributed by atoms with Crippen LogP contribution in [0.2, 0.25) is 0 Å². The first kappa shape index (κ1) is 12.8. The number of nitrogens with two attached hydrogens (primary N) is 1.